The number of carbonyl (C=O) groups excluding carboxylic acids is 2. The van der Waals surface area contributed by atoms with Crippen molar-refractivity contribution in [1.29, 1.82) is 0 Å². The maximum Gasteiger partial charge on any atom is 0.418 e. The number of nitrogens with one attached hydrogen (secondary N) is 2. The zero-order valence-corrected chi connectivity index (χ0v) is 19.0. The monoisotopic (exact) mass is 510 g/mol. The van der Waals surface area contributed by atoms with Crippen molar-refractivity contribution in [3.63, 3.8) is 0 Å². The molecule has 0 saturated heterocycles. The SMILES string of the molecule is CC(NC(=O)c1ncnc2ncn(C)c12)c1ncc(C(=O)Nc2cc(C(F)(F)F)c(Cl)cn2)s1. The van der Waals surface area contributed by atoms with Gasteiger partial charge in [0.1, 0.15) is 27.5 Å². The molecule has 0 aliphatic rings. The molecule has 15 heteroatoms. The number of amides is 2. The Morgan fingerprint density at radius 1 is 1.12 bits per heavy atom. The van der Waals surface area contributed by atoms with Gasteiger partial charge in [0.25, 0.3) is 11.8 Å². The highest BCUT2D eigenvalue weighted by atomic mass is 35.5. The zero-order valence-electron chi connectivity index (χ0n) is 17.4. The first-order valence-corrected chi connectivity index (χ1v) is 10.7. The van der Waals surface area contributed by atoms with E-state index in [1.807, 2.05) is 0 Å². The smallest absolute Gasteiger partial charge is 0.342 e. The van der Waals surface area contributed by atoms with Crippen molar-refractivity contribution < 1.29 is 22.8 Å². The van der Waals surface area contributed by atoms with Crippen molar-refractivity contribution >= 4 is 51.7 Å². The van der Waals surface area contributed by atoms with E-state index in [1.54, 1.807) is 18.5 Å². The molecule has 10 nitrogen and oxygen atoms in total. The van der Waals surface area contributed by atoms with Gasteiger partial charge in [0.15, 0.2) is 11.3 Å². The Balaban J connectivity index is 1.47. The molecule has 0 bridgehead atoms. The first-order valence-electron chi connectivity index (χ1n) is 9.47. The fourth-order valence-electron chi connectivity index (χ4n) is 2.98. The number of fused-ring (bicyclic) bond motifs is 1. The van der Waals surface area contributed by atoms with Gasteiger partial charge in [0.2, 0.25) is 0 Å². The molecule has 4 rings (SSSR count). The second kappa shape index (κ2) is 8.95. The van der Waals surface area contributed by atoms with E-state index in [4.69, 9.17) is 11.6 Å². The molecule has 4 aromatic heterocycles. The summed E-state index contributed by atoms with van der Waals surface area (Å²) in [4.78, 5) is 45.3. The number of thiazole rings is 1. The topological polar surface area (TPSA) is 128 Å². The molecular weight excluding hydrogens is 497 g/mol. The fraction of sp³-hybridized carbons (Fsp3) is 0.211. The molecule has 0 aliphatic carbocycles. The summed E-state index contributed by atoms with van der Waals surface area (Å²) in [5, 5.41) is 4.85. The van der Waals surface area contributed by atoms with Crippen LogP contribution in [0, 0.1) is 0 Å². The molecular formula is C19H14ClF3N8O2S. The lowest BCUT2D eigenvalue weighted by Crippen LogP contribution is -2.28. The predicted molar refractivity (Wildman–Crippen MR) is 117 cm³/mol. The molecule has 0 saturated carbocycles. The Bertz CT molecular complexity index is 1400. The minimum absolute atomic E-state index is 0.109. The van der Waals surface area contributed by atoms with E-state index < -0.39 is 34.6 Å². The van der Waals surface area contributed by atoms with Crippen LogP contribution in [0.2, 0.25) is 5.02 Å². The van der Waals surface area contributed by atoms with Crippen LogP contribution in [-0.2, 0) is 13.2 Å². The number of nitrogens with zero attached hydrogens (tertiary/aromatic N) is 6. The summed E-state index contributed by atoms with van der Waals surface area (Å²) in [6.45, 7) is 1.66. The van der Waals surface area contributed by atoms with Crippen molar-refractivity contribution in [1.82, 2.24) is 34.8 Å². The molecule has 0 radical (unpaired) electrons. The van der Waals surface area contributed by atoms with E-state index in [1.165, 1.54) is 18.9 Å². The Morgan fingerprint density at radius 3 is 2.62 bits per heavy atom. The summed E-state index contributed by atoms with van der Waals surface area (Å²) in [7, 11) is 1.71. The van der Waals surface area contributed by atoms with Gasteiger partial charge < -0.3 is 15.2 Å². The van der Waals surface area contributed by atoms with Crippen LogP contribution in [0.4, 0.5) is 19.0 Å². The highest BCUT2D eigenvalue weighted by Crippen LogP contribution is 2.35. The third-order valence-corrected chi connectivity index (χ3v) is 6.07. The molecule has 1 unspecified atom stereocenters. The quantitative estimate of drug-likeness (QED) is 0.419. The Kier molecular flexibility index (Phi) is 6.18. The van der Waals surface area contributed by atoms with E-state index in [2.05, 4.69) is 35.6 Å². The van der Waals surface area contributed by atoms with E-state index in [0.717, 1.165) is 17.5 Å². The molecule has 2 N–H and O–H groups in total. The number of pyridine rings is 1. The van der Waals surface area contributed by atoms with Crippen LogP contribution in [0.25, 0.3) is 11.2 Å². The molecule has 0 aliphatic heterocycles. The standard InChI is InChI=1S/C19H14ClF3N8O2S/c1-8(29-17(33)13-14-15(27-6-26-13)28-7-31(14)2)18-25-5-11(34-18)16(32)30-12-3-9(19(21,22)23)10(20)4-24-12/h3-8H,1-2H3,(H,29,33)(H,24,30,32). The number of aromatic nitrogens is 6. The molecule has 0 fully saturated rings. The third kappa shape index (κ3) is 4.68. The largest absolute Gasteiger partial charge is 0.418 e. The van der Waals surface area contributed by atoms with Crippen molar-refractivity contribution in [3.8, 4) is 0 Å². The van der Waals surface area contributed by atoms with Crippen LogP contribution in [0.1, 0.15) is 43.7 Å². The molecule has 34 heavy (non-hydrogen) atoms. The van der Waals surface area contributed by atoms with Gasteiger partial charge >= 0.3 is 6.18 Å². The summed E-state index contributed by atoms with van der Waals surface area (Å²) in [5.74, 6) is -1.52. The second-order valence-electron chi connectivity index (χ2n) is 7.01. The van der Waals surface area contributed by atoms with Crippen LogP contribution < -0.4 is 10.6 Å². The van der Waals surface area contributed by atoms with Crippen LogP contribution in [0.3, 0.4) is 0 Å². The number of aryl methyl sites for hydroxylation is 1. The van der Waals surface area contributed by atoms with Gasteiger partial charge in [-0.2, -0.15) is 13.2 Å². The minimum atomic E-state index is -4.70. The summed E-state index contributed by atoms with van der Waals surface area (Å²) in [6, 6.07) is 0.0501. The van der Waals surface area contributed by atoms with Crippen LogP contribution in [0.15, 0.2) is 31.1 Å². The number of rotatable bonds is 5. The van der Waals surface area contributed by atoms with Crippen LogP contribution in [0.5, 0.6) is 0 Å². The maximum atomic E-state index is 13.0. The number of anilines is 1. The molecule has 4 heterocycles. The van der Waals surface area contributed by atoms with E-state index >= 15 is 0 Å². The molecule has 0 spiro atoms. The average Bonchev–Trinajstić information content (AvgIpc) is 3.42. The average molecular weight is 511 g/mol. The number of imidazole rings is 1. The Hall–Kier alpha value is -3.65. The number of hydrogen-bond donors (Lipinski definition) is 2. The van der Waals surface area contributed by atoms with Crippen molar-refractivity contribution in [2.45, 2.75) is 19.1 Å². The first-order chi connectivity index (χ1) is 16.0. The molecule has 2 amide bonds. The van der Waals surface area contributed by atoms with E-state index in [9.17, 15) is 22.8 Å². The normalized spacial score (nSPS) is 12.5. The lowest BCUT2D eigenvalue weighted by Gasteiger charge is -2.11. The fourth-order valence-corrected chi connectivity index (χ4v) is 4.00. The molecule has 176 valence electrons. The highest BCUT2D eigenvalue weighted by molar-refractivity contribution is 7.13. The molecule has 1 atom stereocenters. The van der Waals surface area contributed by atoms with Crippen molar-refractivity contribution in [3.05, 3.63) is 57.3 Å². The van der Waals surface area contributed by atoms with Gasteiger partial charge in [-0.3, -0.25) is 9.59 Å². The van der Waals surface area contributed by atoms with Crippen molar-refractivity contribution in [2.24, 2.45) is 7.05 Å². The summed E-state index contributed by atoms with van der Waals surface area (Å²) < 4.78 is 40.7. The van der Waals surface area contributed by atoms with Gasteiger partial charge in [0.05, 0.1) is 29.2 Å². The Morgan fingerprint density at radius 2 is 1.88 bits per heavy atom. The Labute approximate surface area is 198 Å². The van der Waals surface area contributed by atoms with Gasteiger partial charge in [-0.1, -0.05) is 11.6 Å². The van der Waals surface area contributed by atoms with Gasteiger partial charge in [0, 0.05) is 13.2 Å². The van der Waals surface area contributed by atoms with Gasteiger partial charge in [-0.25, -0.2) is 24.9 Å². The van der Waals surface area contributed by atoms with Gasteiger partial charge in [-0.05, 0) is 13.0 Å². The summed E-state index contributed by atoms with van der Waals surface area (Å²) >= 11 is 6.50. The number of halogens is 4. The van der Waals surface area contributed by atoms with E-state index in [-0.39, 0.29) is 16.4 Å². The predicted octanol–water partition coefficient (Wildman–Crippen LogP) is 3.63. The second-order valence-corrected chi connectivity index (χ2v) is 8.48. The summed E-state index contributed by atoms with van der Waals surface area (Å²) in [5.41, 5.74) is -0.165. The van der Waals surface area contributed by atoms with Crippen LogP contribution >= 0.6 is 22.9 Å². The van der Waals surface area contributed by atoms with E-state index in [0.29, 0.717) is 22.2 Å². The van der Waals surface area contributed by atoms with Crippen LogP contribution in [-0.4, -0.2) is 41.3 Å². The maximum absolute atomic E-state index is 13.0. The number of carbonyl (C=O) groups is 2. The lowest BCUT2D eigenvalue weighted by atomic mass is 10.2. The third-order valence-electron chi connectivity index (χ3n) is 4.59. The number of alkyl halides is 3. The highest BCUT2D eigenvalue weighted by Gasteiger charge is 2.34. The minimum Gasteiger partial charge on any atom is -0.342 e. The van der Waals surface area contributed by atoms with Gasteiger partial charge in [-0.15, -0.1) is 11.3 Å². The lowest BCUT2D eigenvalue weighted by molar-refractivity contribution is -0.137. The zero-order chi connectivity index (χ0) is 24.6. The van der Waals surface area contributed by atoms with Crippen molar-refractivity contribution in [2.75, 3.05) is 5.32 Å². The molecule has 4 aromatic rings. The first kappa shape index (κ1) is 23.5. The molecule has 0 aromatic carbocycles. The number of hydrogen-bond acceptors (Lipinski definition) is 8. The summed E-state index contributed by atoms with van der Waals surface area (Å²) in [6.07, 6.45) is 0.106.